The van der Waals surface area contributed by atoms with Crippen molar-refractivity contribution in [2.75, 3.05) is 6.54 Å². The first-order valence-electron chi connectivity index (χ1n) is 5.16. The maximum Gasteiger partial charge on any atom is 0.264 e. The molecule has 2 aromatic rings. The minimum absolute atomic E-state index is 0.297. The van der Waals surface area contributed by atoms with Crippen molar-refractivity contribution in [3.8, 4) is 0 Å². The highest BCUT2D eigenvalue weighted by molar-refractivity contribution is 5.82. The van der Waals surface area contributed by atoms with Crippen LogP contribution in [-0.2, 0) is 6.42 Å². The molecule has 0 saturated heterocycles. The Morgan fingerprint density at radius 1 is 1.00 bits per heavy atom. The van der Waals surface area contributed by atoms with Gasteiger partial charge < -0.3 is 5.73 Å². The Bertz CT molecular complexity index is 494. The van der Waals surface area contributed by atoms with E-state index in [1.165, 1.54) is 0 Å². The van der Waals surface area contributed by atoms with E-state index in [9.17, 15) is 8.78 Å². The van der Waals surface area contributed by atoms with Gasteiger partial charge in [-0.3, -0.25) is 0 Å². The van der Waals surface area contributed by atoms with Crippen LogP contribution in [0.5, 0.6) is 0 Å². The van der Waals surface area contributed by atoms with Gasteiger partial charge in [-0.15, -0.1) is 0 Å². The van der Waals surface area contributed by atoms with E-state index >= 15 is 0 Å². The monoisotopic (exact) mass is 221 g/mol. The highest BCUT2D eigenvalue weighted by atomic mass is 19.3. The van der Waals surface area contributed by atoms with Gasteiger partial charge in [-0.05, 0) is 16.3 Å². The second-order valence-corrected chi connectivity index (χ2v) is 3.92. The van der Waals surface area contributed by atoms with Crippen molar-refractivity contribution >= 4 is 10.8 Å². The molecule has 2 aromatic carbocycles. The third-order valence-electron chi connectivity index (χ3n) is 2.58. The summed E-state index contributed by atoms with van der Waals surface area (Å²) in [6.07, 6.45) is -0.297. The molecule has 0 amide bonds. The Kier molecular flexibility index (Phi) is 2.88. The number of hydrogen-bond donors (Lipinski definition) is 1. The van der Waals surface area contributed by atoms with E-state index in [0.717, 1.165) is 10.8 Å². The minimum Gasteiger partial charge on any atom is -0.325 e. The first-order chi connectivity index (χ1) is 7.61. The molecule has 0 heterocycles. The van der Waals surface area contributed by atoms with E-state index < -0.39 is 12.5 Å². The first-order valence-corrected chi connectivity index (χ1v) is 5.16. The second-order valence-electron chi connectivity index (χ2n) is 3.92. The van der Waals surface area contributed by atoms with Crippen molar-refractivity contribution < 1.29 is 8.78 Å². The molecule has 0 bridgehead atoms. The molecule has 1 nitrogen and oxygen atoms in total. The molecule has 3 heteroatoms. The van der Waals surface area contributed by atoms with Crippen LogP contribution in [0.1, 0.15) is 5.56 Å². The number of hydrogen-bond acceptors (Lipinski definition) is 1. The van der Waals surface area contributed by atoms with Gasteiger partial charge in [-0.25, -0.2) is 8.78 Å². The van der Waals surface area contributed by atoms with Gasteiger partial charge >= 0.3 is 0 Å². The van der Waals surface area contributed by atoms with Gasteiger partial charge in [0.1, 0.15) is 0 Å². The van der Waals surface area contributed by atoms with Crippen LogP contribution in [0.25, 0.3) is 10.8 Å². The molecule has 0 aromatic heterocycles. The van der Waals surface area contributed by atoms with Crippen molar-refractivity contribution in [2.24, 2.45) is 5.73 Å². The summed E-state index contributed by atoms with van der Waals surface area (Å²) in [4.78, 5) is 0. The smallest absolute Gasteiger partial charge is 0.264 e. The Balaban J connectivity index is 2.33. The Morgan fingerprint density at radius 2 is 1.69 bits per heavy atom. The molecule has 2 rings (SSSR count). The van der Waals surface area contributed by atoms with Crippen molar-refractivity contribution in [3.63, 3.8) is 0 Å². The van der Waals surface area contributed by atoms with E-state index in [1.54, 1.807) is 12.1 Å². The van der Waals surface area contributed by atoms with Gasteiger partial charge in [0.05, 0.1) is 6.54 Å². The lowest BCUT2D eigenvalue weighted by Crippen LogP contribution is -2.30. The summed E-state index contributed by atoms with van der Waals surface area (Å²) in [5, 5.41) is 2.04. The minimum atomic E-state index is -2.82. The topological polar surface area (TPSA) is 26.0 Å². The van der Waals surface area contributed by atoms with Crippen LogP contribution in [0.4, 0.5) is 8.78 Å². The Labute approximate surface area is 92.9 Å². The molecule has 16 heavy (non-hydrogen) atoms. The van der Waals surface area contributed by atoms with Gasteiger partial charge in [0.25, 0.3) is 5.92 Å². The first kappa shape index (κ1) is 11.0. The number of fused-ring (bicyclic) bond motifs is 1. The molecule has 0 fully saturated rings. The third kappa shape index (κ3) is 2.36. The van der Waals surface area contributed by atoms with Crippen LogP contribution >= 0.6 is 0 Å². The van der Waals surface area contributed by atoms with Crippen LogP contribution in [0.2, 0.25) is 0 Å². The summed E-state index contributed by atoms with van der Waals surface area (Å²) in [7, 11) is 0. The van der Waals surface area contributed by atoms with Crippen molar-refractivity contribution in [1.29, 1.82) is 0 Å². The Morgan fingerprint density at radius 3 is 2.38 bits per heavy atom. The van der Waals surface area contributed by atoms with Gasteiger partial charge in [0.2, 0.25) is 0 Å². The standard InChI is InChI=1S/C13H13F2N/c14-13(15,9-16)8-10-5-6-11-3-1-2-4-12(11)7-10/h1-7H,8-9,16H2. The average molecular weight is 221 g/mol. The number of rotatable bonds is 3. The molecule has 0 spiro atoms. The number of benzene rings is 2. The van der Waals surface area contributed by atoms with Crippen LogP contribution in [0.15, 0.2) is 42.5 Å². The predicted molar refractivity (Wildman–Crippen MR) is 61.7 cm³/mol. The molecule has 0 saturated carbocycles. The zero-order valence-electron chi connectivity index (χ0n) is 8.79. The third-order valence-corrected chi connectivity index (χ3v) is 2.58. The molecule has 0 atom stereocenters. The second kappa shape index (κ2) is 4.18. The molecule has 0 aliphatic carbocycles. The molecular weight excluding hydrogens is 208 g/mol. The SMILES string of the molecule is NCC(F)(F)Cc1ccc2ccccc2c1. The fraction of sp³-hybridized carbons (Fsp3) is 0.231. The zero-order valence-corrected chi connectivity index (χ0v) is 8.79. The summed E-state index contributed by atoms with van der Waals surface area (Å²) >= 11 is 0. The quantitative estimate of drug-likeness (QED) is 0.847. The highest BCUT2D eigenvalue weighted by Gasteiger charge is 2.26. The lowest BCUT2D eigenvalue weighted by Gasteiger charge is -2.13. The zero-order chi connectivity index (χ0) is 11.6. The van der Waals surface area contributed by atoms with E-state index in [4.69, 9.17) is 5.73 Å². The fourth-order valence-electron chi connectivity index (χ4n) is 1.72. The molecule has 2 N–H and O–H groups in total. The maximum atomic E-state index is 13.1. The molecule has 0 radical (unpaired) electrons. The normalized spacial score (nSPS) is 11.9. The summed E-state index contributed by atoms with van der Waals surface area (Å²) in [5.41, 5.74) is 5.64. The van der Waals surface area contributed by atoms with Gasteiger partial charge in [-0.1, -0.05) is 42.5 Å². The van der Waals surface area contributed by atoms with Gasteiger partial charge in [-0.2, -0.15) is 0 Å². The van der Waals surface area contributed by atoms with E-state index in [2.05, 4.69) is 0 Å². The van der Waals surface area contributed by atoms with Crippen LogP contribution < -0.4 is 5.73 Å². The summed E-state index contributed by atoms with van der Waals surface area (Å²) in [5.74, 6) is -2.82. The molecule has 84 valence electrons. The van der Waals surface area contributed by atoms with Crippen LogP contribution in [-0.4, -0.2) is 12.5 Å². The summed E-state index contributed by atoms with van der Waals surface area (Å²) in [6, 6.07) is 13.1. The van der Waals surface area contributed by atoms with Crippen LogP contribution in [0, 0.1) is 0 Å². The number of nitrogens with two attached hydrogens (primary N) is 1. The predicted octanol–water partition coefficient (Wildman–Crippen LogP) is 2.98. The molecule has 0 aliphatic rings. The van der Waals surface area contributed by atoms with Gasteiger partial charge in [0, 0.05) is 6.42 Å². The molecular formula is C13H13F2N. The van der Waals surface area contributed by atoms with Gasteiger partial charge in [0.15, 0.2) is 0 Å². The fourth-order valence-corrected chi connectivity index (χ4v) is 1.72. The van der Waals surface area contributed by atoms with E-state index in [-0.39, 0.29) is 6.42 Å². The lowest BCUT2D eigenvalue weighted by molar-refractivity contribution is 0.0115. The van der Waals surface area contributed by atoms with Crippen molar-refractivity contribution in [1.82, 2.24) is 0 Å². The largest absolute Gasteiger partial charge is 0.325 e. The maximum absolute atomic E-state index is 13.1. The van der Waals surface area contributed by atoms with E-state index in [0.29, 0.717) is 5.56 Å². The Hall–Kier alpha value is -1.48. The van der Waals surface area contributed by atoms with Crippen molar-refractivity contribution in [3.05, 3.63) is 48.0 Å². The number of alkyl halides is 2. The molecule has 0 aliphatic heterocycles. The lowest BCUT2D eigenvalue weighted by atomic mass is 10.0. The summed E-state index contributed by atoms with van der Waals surface area (Å²) < 4.78 is 26.2. The van der Waals surface area contributed by atoms with Crippen molar-refractivity contribution in [2.45, 2.75) is 12.3 Å². The number of halogens is 2. The molecule has 0 unspecified atom stereocenters. The average Bonchev–Trinajstić information content (AvgIpc) is 2.28. The van der Waals surface area contributed by atoms with Crippen LogP contribution in [0.3, 0.4) is 0 Å². The van der Waals surface area contributed by atoms with E-state index in [1.807, 2.05) is 30.3 Å². The highest BCUT2D eigenvalue weighted by Crippen LogP contribution is 2.22. The summed E-state index contributed by atoms with van der Waals surface area (Å²) in [6.45, 7) is -0.611.